The second-order valence-corrected chi connectivity index (χ2v) is 4.33. The van der Waals surface area contributed by atoms with Gasteiger partial charge in [0.25, 0.3) is 5.70 Å². The highest BCUT2D eigenvalue weighted by molar-refractivity contribution is 9.10. The largest absolute Gasteiger partial charge is 0.433 e. The van der Waals surface area contributed by atoms with E-state index in [0.717, 1.165) is 6.20 Å². The molecule has 0 bridgehead atoms. The molecule has 5 nitrogen and oxygen atoms in total. The molecule has 1 aromatic rings. The molecule has 0 spiro atoms. The minimum Gasteiger partial charge on any atom is -0.433 e. The van der Waals surface area contributed by atoms with E-state index in [0.29, 0.717) is 4.47 Å². The smallest absolute Gasteiger partial charge is 0.387 e. The van der Waals surface area contributed by atoms with E-state index in [4.69, 9.17) is 0 Å². The van der Waals surface area contributed by atoms with Crippen LogP contribution in [0.25, 0.3) is 0 Å². The first-order chi connectivity index (χ1) is 8.93. The molecule has 0 aliphatic rings. The lowest BCUT2D eigenvalue weighted by atomic mass is 10.3. The Labute approximate surface area is 116 Å². The average Bonchev–Trinajstić information content (AvgIpc) is 2.31. The van der Waals surface area contributed by atoms with Gasteiger partial charge in [-0.05, 0) is 18.2 Å². The van der Waals surface area contributed by atoms with E-state index < -0.39 is 11.5 Å². The molecule has 104 valence electrons. The van der Waals surface area contributed by atoms with Gasteiger partial charge in [0.05, 0.1) is 16.8 Å². The number of anilines is 1. The van der Waals surface area contributed by atoms with Gasteiger partial charge in [-0.1, -0.05) is 22.9 Å². The fourth-order valence-electron chi connectivity index (χ4n) is 1.25. The molecule has 0 fully saturated rings. The Bertz CT molecular complexity index is 495. The molecule has 0 atom stereocenters. The first kappa shape index (κ1) is 15.4. The van der Waals surface area contributed by atoms with Gasteiger partial charge in [0.15, 0.2) is 5.75 Å². The number of benzene rings is 1. The third kappa shape index (κ3) is 4.82. The van der Waals surface area contributed by atoms with Crippen molar-refractivity contribution in [2.75, 3.05) is 5.32 Å². The minimum absolute atomic E-state index is 0.0640. The van der Waals surface area contributed by atoms with E-state index in [2.05, 4.69) is 26.0 Å². The van der Waals surface area contributed by atoms with Gasteiger partial charge < -0.3 is 10.1 Å². The molecule has 0 amide bonds. The third-order valence-corrected chi connectivity index (χ3v) is 2.64. The van der Waals surface area contributed by atoms with Crippen molar-refractivity contribution in [2.45, 2.75) is 20.0 Å². The fraction of sp³-hybridized carbons (Fsp3) is 0.273. The molecule has 0 heterocycles. The Kier molecular flexibility index (Phi) is 5.68. The van der Waals surface area contributed by atoms with E-state index >= 15 is 0 Å². The van der Waals surface area contributed by atoms with Gasteiger partial charge in [0, 0.05) is 10.9 Å². The van der Waals surface area contributed by atoms with E-state index in [9.17, 15) is 18.9 Å². The number of ether oxygens (including phenoxy) is 1. The molecule has 0 radical (unpaired) electrons. The minimum atomic E-state index is -2.97. The standard InChI is InChI=1S/C11H11BrF2N2O3/c1-2-8(16(17)18)6-15-9-4-3-7(12)5-10(9)19-11(13)14/h3-6,11,15H,2H2,1H3/b8-6-. The Hall–Kier alpha value is -1.70. The van der Waals surface area contributed by atoms with Crippen LogP contribution < -0.4 is 10.1 Å². The highest BCUT2D eigenvalue weighted by Crippen LogP contribution is 2.30. The number of rotatable bonds is 6. The molecule has 19 heavy (non-hydrogen) atoms. The van der Waals surface area contributed by atoms with Crippen molar-refractivity contribution < 1.29 is 18.4 Å². The van der Waals surface area contributed by atoms with Crippen molar-refractivity contribution in [1.29, 1.82) is 0 Å². The summed E-state index contributed by atoms with van der Waals surface area (Å²) in [6.07, 6.45) is 1.36. The van der Waals surface area contributed by atoms with E-state index in [1.165, 1.54) is 12.1 Å². The SMILES string of the molecule is CC/C(=C/Nc1ccc(Br)cc1OC(F)F)[N+](=O)[O-]. The lowest BCUT2D eigenvalue weighted by Gasteiger charge is -2.10. The van der Waals surface area contributed by atoms with Crippen LogP contribution in [0, 0.1) is 10.1 Å². The van der Waals surface area contributed by atoms with Crippen LogP contribution in [0.15, 0.2) is 34.6 Å². The van der Waals surface area contributed by atoms with Crippen molar-refractivity contribution >= 4 is 21.6 Å². The van der Waals surface area contributed by atoms with Gasteiger partial charge in [-0.2, -0.15) is 8.78 Å². The first-order valence-corrected chi connectivity index (χ1v) is 6.07. The Morgan fingerprint density at radius 3 is 2.84 bits per heavy atom. The number of halogens is 3. The van der Waals surface area contributed by atoms with Crippen LogP contribution in [0.2, 0.25) is 0 Å². The molecule has 1 rings (SSSR count). The van der Waals surface area contributed by atoms with Crippen LogP contribution in [-0.2, 0) is 0 Å². The molecular weight excluding hydrogens is 326 g/mol. The normalized spacial score (nSPS) is 11.5. The third-order valence-electron chi connectivity index (χ3n) is 2.15. The maximum absolute atomic E-state index is 12.2. The molecule has 0 aliphatic carbocycles. The van der Waals surface area contributed by atoms with Gasteiger partial charge in [-0.3, -0.25) is 10.1 Å². The lowest BCUT2D eigenvalue weighted by molar-refractivity contribution is -0.427. The van der Waals surface area contributed by atoms with Crippen molar-refractivity contribution in [3.05, 3.63) is 44.7 Å². The van der Waals surface area contributed by atoms with Gasteiger partial charge in [-0.25, -0.2) is 0 Å². The van der Waals surface area contributed by atoms with Crippen LogP contribution in [0.3, 0.4) is 0 Å². The van der Waals surface area contributed by atoms with E-state index in [-0.39, 0.29) is 23.6 Å². The summed E-state index contributed by atoms with van der Waals surface area (Å²) in [5.41, 5.74) is 0.155. The van der Waals surface area contributed by atoms with Crippen molar-refractivity contribution in [3.8, 4) is 5.75 Å². The van der Waals surface area contributed by atoms with E-state index in [1.807, 2.05) is 0 Å². The van der Waals surface area contributed by atoms with Crippen molar-refractivity contribution in [1.82, 2.24) is 0 Å². The van der Waals surface area contributed by atoms with Gasteiger partial charge in [0.1, 0.15) is 0 Å². The summed E-state index contributed by atoms with van der Waals surface area (Å²) in [7, 11) is 0. The molecule has 1 N–H and O–H groups in total. The fourth-order valence-corrected chi connectivity index (χ4v) is 1.59. The summed E-state index contributed by atoms with van der Waals surface area (Å²) >= 11 is 3.13. The zero-order valence-electron chi connectivity index (χ0n) is 9.90. The number of alkyl halides is 2. The monoisotopic (exact) mass is 336 g/mol. The Balaban J connectivity index is 2.97. The van der Waals surface area contributed by atoms with E-state index in [1.54, 1.807) is 13.0 Å². The molecule has 8 heteroatoms. The second-order valence-electron chi connectivity index (χ2n) is 3.41. The van der Waals surface area contributed by atoms with Crippen LogP contribution in [0.5, 0.6) is 5.75 Å². The Morgan fingerprint density at radius 1 is 1.63 bits per heavy atom. The number of allylic oxidation sites excluding steroid dienone is 1. The van der Waals surface area contributed by atoms with Crippen molar-refractivity contribution in [2.24, 2.45) is 0 Å². The topological polar surface area (TPSA) is 64.4 Å². The number of nitrogens with one attached hydrogen (secondary N) is 1. The van der Waals surface area contributed by atoms with Crippen LogP contribution in [0.1, 0.15) is 13.3 Å². The summed E-state index contributed by atoms with van der Waals surface area (Å²) in [4.78, 5) is 10.1. The summed E-state index contributed by atoms with van der Waals surface area (Å²) in [6.45, 7) is -1.35. The number of hydrogen-bond donors (Lipinski definition) is 1. The lowest BCUT2D eigenvalue weighted by Crippen LogP contribution is -2.05. The zero-order chi connectivity index (χ0) is 14.4. The number of hydrogen-bond acceptors (Lipinski definition) is 4. The predicted molar refractivity (Wildman–Crippen MR) is 69.8 cm³/mol. The molecular formula is C11H11BrF2N2O3. The quantitative estimate of drug-likeness (QED) is 0.630. The molecule has 0 saturated heterocycles. The highest BCUT2D eigenvalue weighted by Gasteiger charge is 2.11. The van der Waals surface area contributed by atoms with Crippen LogP contribution >= 0.6 is 15.9 Å². The van der Waals surface area contributed by atoms with Gasteiger partial charge >= 0.3 is 6.61 Å². The maximum atomic E-state index is 12.2. The molecule has 0 saturated carbocycles. The predicted octanol–water partition coefficient (Wildman–Crippen LogP) is 3.99. The average molecular weight is 337 g/mol. The molecule has 0 aromatic heterocycles. The molecule has 0 unspecified atom stereocenters. The molecule has 1 aromatic carbocycles. The van der Waals surface area contributed by atoms with Gasteiger partial charge in [0.2, 0.25) is 0 Å². The maximum Gasteiger partial charge on any atom is 0.387 e. The molecule has 0 aliphatic heterocycles. The number of nitro groups is 1. The summed E-state index contributed by atoms with van der Waals surface area (Å²) in [5.74, 6) is -0.0978. The van der Waals surface area contributed by atoms with Crippen LogP contribution in [0.4, 0.5) is 14.5 Å². The van der Waals surface area contributed by atoms with Gasteiger partial charge in [-0.15, -0.1) is 0 Å². The van der Waals surface area contributed by atoms with Crippen LogP contribution in [-0.4, -0.2) is 11.5 Å². The first-order valence-electron chi connectivity index (χ1n) is 5.28. The highest BCUT2D eigenvalue weighted by atomic mass is 79.9. The summed E-state index contributed by atoms with van der Waals surface area (Å²) < 4.78 is 29.4. The second kappa shape index (κ2) is 7.03. The summed E-state index contributed by atoms with van der Waals surface area (Å²) in [6, 6.07) is 4.43. The number of nitrogens with zero attached hydrogens (tertiary/aromatic N) is 1. The Morgan fingerprint density at radius 2 is 2.32 bits per heavy atom. The van der Waals surface area contributed by atoms with Crippen molar-refractivity contribution in [3.63, 3.8) is 0 Å². The summed E-state index contributed by atoms with van der Waals surface area (Å²) in [5, 5.41) is 13.2. The zero-order valence-corrected chi connectivity index (χ0v) is 11.5.